The third kappa shape index (κ3) is 452. The first kappa shape index (κ1) is 22.5. The Morgan fingerprint density at radius 1 is 0.636 bits per heavy atom. The highest BCUT2D eigenvalue weighted by Gasteiger charge is 1.25. The van der Waals surface area contributed by atoms with Gasteiger partial charge < -0.3 is 14.4 Å². The fraction of sp³-hybridized carbons (Fsp3) is 0.625. The lowest BCUT2D eigenvalue weighted by molar-refractivity contribution is -0.106. The Bertz CT molecular complexity index is 46.1. The SMILES string of the molecule is CC.CC=O.CC=O.CC=O. The van der Waals surface area contributed by atoms with Crippen molar-refractivity contribution in [2.24, 2.45) is 0 Å². The molecular weight excluding hydrogens is 144 g/mol. The quantitative estimate of drug-likeness (QED) is 0.509. The number of hydrogen-bond acceptors (Lipinski definition) is 3. The molecule has 0 rings (SSSR count). The zero-order valence-corrected chi connectivity index (χ0v) is 7.96. The summed E-state index contributed by atoms with van der Waals surface area (Å²) in [5.41, 5.74) is 0. The molecule has 0 aliphatic rings. The standard InChI is InChI=1S/3C2H4O.C2H6/c3*1-2-3;1-2/h3*2H,1H3;1-2H3. The summed E-state index contributed by atoms with van der Waals surface area (Å²) in [5.74, 6) is 0. The third-order valence-electron chi connectivity index (χ3n) is 0. The Balaban J connectivity index is -0.0000000301. The van der Waals surface area contributed by atoms with Crippen molar-refractivity contribution >= 4 is 18.9 Å². The van der Waals surface area contributed by atoms with E-state index < -0.39 is 0 Å². The summed E-state index contributed by atoms with van der Waals surface area (Å²) in [5, 5.41) is 0. The van der Waals surface area contributed by atoms with Gasteiger partial charge in [0.1, 0.15) is 18.9 Å². The molecule has 11 heavy (non-hydrogen) atoms. The molecule has 0 aromatic rings. The lowest BCUT2D eigenvalue weighted by atomic mass is 11.0. The maximum atomic E-state index is 8.81. The molecule has 0 amide bonds. The smallest absolute Gasteiger partial charge is 0.116 e. The fourth-order valence-corrected chi connectivity index (χ4v) is 0. The Morgan fingerprint density at radius 3 is 0.636 bits per heavy atom. The van der Waals surface area contributed by atoms with E-state index in [2.05, 4.69) is 0 Å². The number of carbonyl (C=O) groups is 3. The average Bonchev–Trinajstić information content (AvgIpc) is 1.96. The highest BCUT2D eigenvalue weighted by molar-refractivity contribution is 5.44. The molecule has 0 fully saturated rings. The third-order valence-corrected chi connectivity index (χ3v) is 0. The predicted octanol–water partition coefficient (Wildman–Crippen LogP) is 1.64. The summed E-state index contributed by atoms with van der Waals surface area (Å²) in [6.07, 6.45) is 2.25. The van der Waals surface area contributed by atoms with Gasteiger partial charge in [-0.25, -0.2) is 0 Å². The van der Waals surface area contributed by atoms with Gasteiger partial charge in [-0.2, -0.15) is 0 Å². The largest absolute Gasteiger partial charge is 0.304 e. The second-order valence-electron chi connectivity index (χ2n) is 0.707. The van der Waals surface area contributed by atoms with Crippen LogP contribution in [0.25, 0.3) is 0 Å². The van der Waals surface area contributed by atoms with Crippen LogP contribution in [0.5, 0.6) is 0 Å². The van der Waals surface area contributed by atoms with Crippen LogP contribution in [-0.2, 0) is 14.4 Å². The molecule has 0 spiro atoms. The van der Waals surface area contributed by atoms with Crippen LogP contribution in [0.2, 0.25) is 0 Å². The molecule has 0 aliphatic carbocycles. The van der Waals surface area contributed by atoms with Gasteiger partial charge in [0, 0.05) is 0 Å². The molecule has 0 aromatic heterocycles. The molecule has 3 heteroatoms. The molecule has 0 saturated carbocycles. The molecule has 0 atom stereocenters. The average molecular weight is 162 g/mol. The van der Waals surface area contributed by atoms with Gasteiger partial charge in [-0.05, 0) is 20.8 Å². The molecule has 0 bridgehead atoms. The molecular formula is C8H18O3. The van der Waals surface area contributed by atoms with Crippen molar-refractivity contribution in [1.29, 1.82) is 0 Å². The molecule has 0 aliphatic heterocycles. The first-order chi connectivity index (χ1) is 5.24. The van der Waals surface area contributed by atoms with E-state index in [9.17, 15) is 0 Å². The number of hydrogen-bond donors (Lipinski definition) is 0. The first-order valence-electron chi connectivity index (χ1n) is 3.44. The maximum Gasteiger partial charge on any atom is 0.116 e. The molecule has 0 N–H and O–H groups in total. The van der Waals surface area contributed by atoms with Crippen molar-refractivity contribution in [3.8, 4) is 0 Å². The van der Waals surface area contributed by atoms with Gasteiger partial charge in [-0.15, -0.1) is 0 Å². The van der Waals surface area contributed by atoms with E-state index in [0.29, 0.717) is 0 Å². The zero-order valence-electron chi connectivity index (χ0n) is 7.96. The van der Waals surface area contributed by atoms with Crippen LogP contribution in [-0.4, -0.2) is 18.9 Å². The lowest BCUT2D eigenvalue weighted by Crippen LogP contribution is -1.36. The van der Waals surface area contributed by atoms with Crippen molar-refractivity contribution < 1.29 is 14.4 Å². The number of aldehydes is 3. The molecule has 0 aromatic carbocycles. The topological polar surface area (TPSA) is 51.2 Å². The van der Waals surface area contributed by atoms with Gasteiger partial charge in [0.25, 0.3) is 0 Å². The van der Waals surface area contributed by atoms with E-state index in [1.807, 2.05) is 13.8 Å². The maximum absolute atomic E-state index is 8.81. The molecule has 0 saturated heterocycles. The van der Waals surface area contributed by atoms with Crippen LogP contribution < -0.4 is 0 Å². The second-order valence-corrected chi connectivity index (χ2v) is 0.707. The predicted molar refractivity (Wildman–Crippen MR) is 46.6 cm³/mol. The minimum Gasteiger partial charge on any atom is -0.304 e. The van der Waals surface area contributed by atoms with Gasteiger partial charge in [0.05, 0.1) is 0 Å². The van der Waals surface area contributed by atoms with E-state index >= 15 is 0 Å². The summed E-state index contributed by atoms with van der Waals surface area (Å²) in [6, 6.07) is 0. The molecule has 3 nitrogen and oxygen atoms in total. The lowest BCUT2D eigenvalue weighted by Gasteiger charge is -1.24. The second kappa shape index (κ2) is 143. The number of rotatable bonds is 0. The zero-order chi connectivity index (χ0) is 10.1. The minimum atomic E-state index is 0.750. The Hall–Kier alpha value is -0.990. The molecule has 0 unspecified atom stereocenters. The molecule has 68 valence electrons. The molecule has 0 heterocycles. The van der Waals surface area contributed by atoms with E-state index in [4.69, 9.17) is 14.4 Å². The van der Waals surface area contributed by atoms with Crippen LogP contribution in [0.3, 0.4) is 0 Å². The summed E-state index contributed by atoms with van der Waals surface area (Å²) >= 11 is 0. The van der Waals surface area contributed by atoms with Gasteiger partial charge in [0.15, 0.2) is 0 Å². The van der Waals surface area contributed by atoms with Gasteiger partial charge in [-0.1, -0.05) is 13.8 Å². The first-order valence-corrected chi connectivity index (χ1v) is 3.44. The Labute approximate surface area is 68.8 Å². The van der Waals surface area contributed by atoms with Crippen molar-refractivity contribution in [3.05, 3.63) is 0 Å². The Morgan fingerprint density at radius 2 is 0.636 bits per heavy atom. The summed E-state index contributed by atoms with van der Waals surface area (Å²) in [6.45, 7) is 8.33. The molecule has 0 radical (unpaired) electrons. The summed E-state index contributed by atoms with van der Waals surface area (Å²) in [4.78, 5) is 26.4. The van der Waals surface area contributed by atoms with E-state index in [1.165, 1.54) is 20.8 Å². The van der Waals surface area contributed by atoms with E-state index in [0.717, 1.165) is 18.9 Å². The van der Waals surface area contributed by atoms with Crippen LogP contribution in [0, 0.1) is 0 Å². The van der Waals surface area contributed by atoms with Crippen molar-refractivity contribution in [1.82, 2.24) is 0 Å². The van der Waals surface area contributed by atoms with Gasteiger partial charge >= 0.3 is 0 Å². The van der Waals surface area contributed by atoms with Crippen molar-refractivity contribution in [3.63, 3.8) is 0 Å². The normalized spacial score (nSPS) is 4.09. The van der Waals surface area contributed by atoms with E-state index in [-0.39, 0.29) is 0 Å². The summed E-state index contributed by atoms with van der Waals surface area (Å²) < 4.78 is 0. The number of carbonyl (C=O) groups excluding carboxylic acids is 3. The monoisotopic (exact) mass is 162 g/mol. The highest BCUT2D eigenvalue weighted by Crippen LogP contribution is 1.15. The van der Waals surface area contributed by atoms with Crippen molar-refractivity contribution in [2.75, 3.05) is 0 Å². The van der Waals surface area contributed by atoms with Crippen molar-refractivity contribution in [2.45, 2.75) is 34.6 Å². The highest BCUT2D eigenvalue weighted by atomic mass is 16.1. The summed E-state index contributed by atoms with van der Waals surface area (Å²) in [7, 11) is 0. The fourth-order valence-electron chi connectivity index (χ4n) is 0. The van der Waals surface area contributed by atoms with Gasteiger partial charge in [-0.3, -0.25) is 0 Å². The Kier molecular flexibility index (Phi) is 293. The van der Waals surface area contributed by atoms with Crippen LogP contribution in [0.1, 0.15) is 34.6 Å². The van der Waals surface area contributed by atoms with Crippen LogP contribution in [0.4, 0.5) is 0 Å². The minimum absolute atomic E-state index is 0.750. The van der Waals surface area contributed by atoms with Crippen LogP contribution >= 0.6 is 0 Å². The van der Waals surface area contributed by atoms with Gasteiger partial charge in [0.2, 0.25) is 0 Å². The van der Waals surface area contributed by atoms with Crippen LogP contribution in [0.15, 0.2) is 0 Å². The van der Waals surface area contributed by atoms with E-state index in [1.54, 1.807) is 0 Å².